The highest BCUT2D eigenvalue weighted by molar-refractivity contribution is 6.30. The molecule has 0 aliphatic carbocycles. The second-order valence-electron chi connectivity index (χ2n) is 10.3. The van der Waals surface area contributed by atoms with E-state index < -0.39 is 0 Å². The average Bonchev–Trinajstić information content (AvgIpc) is 3.09. The Hall–Kier alpha value is -5.38. The zero-order chi connectivity index (χ0) is 29.0. The van der Waals surface area contributed by atoms with Crippen LogP contribution < -0.4 is 0 Å². The molecule has 0 bridgehead atoms. The summed E-state index contributed by atoms with van der Waals surface area (Å²) in [5.74, 6) is 1.87. The van der Waals surface area contributed by atoms with Crippen LogP contribution in [-0.4, -0.2) is 15.0 Å². The molecule has 0 atom stereocenters. The molecule has 0 aliphatic rings. The molecular weight excluding hydrogens is 546 g/mol. The highest BCUT2D eigenvalue weighted by Crippen LogP contribution is 2.31. The maximum Gasteiger partial charge on any atom is 0.164 e. The smallest absolute Gasteiger partial charge is 0.164 e. The Labute approximate surface area is 256 Å². The van der Waals surface area contributed by atoms with Crippen LogP contribution in [0.25, 0.3) is 67.5 Å². The zero-order valence-electron chi connectivity index (χ0n) is 23.2. The van der Waals surface area contributed by atoms with Crippen molar-refractivity contribution in [3.8, 4) is 67.5 Å². The van der Waals surface area contributed by atoms with Crippen LogP contribution in [0.4, 0.5) is 0 Å². The van der Waals surface area contributed by atoms with Gasteiger partial charge in [-0.2, -0.15) is 0 Å². The Kier molecular flexibility index (Phi) is 7.31. The van der Waals surface area contributed by atoms with Gasteiger partial charge >= 0.3 is 0 Å². The summed E-state index contributed by atoms with van der Waals surface area (Å²) in [5, 5.41) is 0.710. The van der Waals surface area contributed by atoms with Crippen LogP contribution in [0.5, 0.6) is 0 Å². The molecule has 6 aromatic carbocycles. The molecule has 7 rings (SSSR count). The summed E-state index contributed by atoms with van der Waals surface area (Å²) in [6, 6.07) is 53.6. The van der Waals surface area contributed by atoms with Gasteiger partial charge in [0, 0.05) is 21.7 Å². The third kappa shape index (κ3) is 5.85. The molecule has 1 aromatic heterocycles. The van der Waals surface area contributed by atoms with Crippen molar-refractivity contribution in [3.05, 3.63) is 163 Å². The van der Waals surface area contributed by atoms with Gasteiger partial charge < -0.3 is 0 Å². The Bertz CT molecular complexity index is 1920. The van der Waals surface area contributed by atoms with E-state index in [0.29, 0.717) is 22.5 Å². The maximum absolute atomic E-state index is 6.15. The molecule has 204 valence electrons. The summed E-state index contributed by atoms with van der Waals surface area (Å²) in [7, 11) is 0. The number of hydrogen-bond acceptors (Lipinski definition) is 3. The molecule has 0 spiro atoms. The fraction of sp³-hybridized carbons (Fsp3) is 0. The monoisotopic (exact) mass is 571 g/mol. The number of rotatable bonds is 6. The van der Waals surface area contributed by atoms with Crippen molar-refractivity contribution < 1.29 is 0 Å². The van der Waals surface area contributed by atoms with Crippen LogP contribution in [0.1, 0.15) is 0 Å². The molecule has 4 heteroatoms. The number of hydrogen-bond donors (Lipinski definition) is 0. The quantitative estimate of drug-likeness (QED) is 0.199. The standard InChI is InChI=1S/C39H26ClN3/c40-36-22-20-29(21-23-36)32-16-9-19-35(26-32)39-42-37(33-17-7-14-30(24-33)27-10-3-1-4-11-27)41-38(43-39)34-18-8-15-31(25-34)28-12-5-2-6-13-28/h1-26H. The van der Waals surface area contributed by atoms with Crippen molar-refractivity contribution in [1.29, 1.82) is 0 Å². The lowest BCUT2D eigenvalue weighted by atomic mass is 10.0. The van der Waals surface area contributed by atoms with Crippen molar-refractivity contribution in [3.63, 3.8) is 0 Å². The van der Waals surface area contributed by atoms with Crippen molar-refractivity contribution >= 4 is 11.6 Å². The fourth-order valence-electron chi connectivity index (χ4n) is 5.18. The first kappa shape index (κ1) is 26.5. The third-order valence-corrected chi connectivity index (χ3v) is 7.64. The van der Waals surface area contributed by atoms with Crippen molar-refractivity contribution in [2.24, 2.45) is 0 Å². The third-order valence-electron chi connectivity index (χ3n) is 7.39. The van der Waals surface area contributed by atoms with E-state index in [0.717, 1.165) is 50.1 Å². The second kappa shape index (κ2) is 11.8. The molecule has 0 saturated carbocycles. The molecule has 43 heavy (non-hydrogen) atoms. The second-order valence-corrected chi connectivity index (χ2v) is 10.7. The summed E-state index contributed by atoms with van der Waals surface area (Å²) >= 11 is 6.15. The Balaban J connectivity index is 1.37. The predicted octanol–water partition coefficient (Wildman–Crippen LogP) is 10.5. The van der Waals surface area contributed by atoms with E-state index in [9.17, 15) is 0 Å². The first-order valence-electron chi connectivity index (χ1n) is 14.1. The Morgan fingerprint density at radius 3 is 0.953 bits per heavy atom. The van der Waals surface area contributed by atoms with Gasteiger partial charge in [0.1, 0.15) is 0 Å². The molecule has 0 radical (unpaired) electrons. The maximum atomic E-state index is 6.15. The van der Waals surface area contributed by atoms with Crippen LogP contribution in [0.3, 0.4) is 0 Å². The highest BCUT2D eigenvalue weighted by atomic mass is 35.5. The van der Waals surface area contributed by atoms with Crippen LogP contribution >= 0.6 is 11.6 Å². The van der Waals surface area contributed by atoms with Gasteiger partial charge in [-0.3, -0.25) is 0 Å². The largest absolute Gasteiger partial charge is 0.208 e. The lowest BCUT2D eigenvalue weighted by Gasteiger charge is -2.11. The Morgan fingerprint density at radius 2 is 0.581 bits per heavy atom. The summed E-state index contributed by atoms with van der Waals surface area (Å²) in [6.45, 7) is 0. The van der Waals surface area contributed by atoms with Gasteiger partial charge in [0.15, 0.2) is 17.5 Å². The minimum absolute atomic E-state index is 0.617. The van der Waals surface area contributed by atoms with Crippen LogP contribution in [-0.2, 0) is 0 Å². The number of aromatic nitrogens is 3. The molecular formula is C39H26ClN3. The van der Waals surface area contributed by atoms with E-state index in [-0.39, 0.29) is 0 Å². The molecule has 7 aromatic rings. The van der Waals surface area contributed by atoms with Gasteiger partial charge in [-0.1, -0.05) is 139 Å². The summed E-state index contributed by atoms with van der Waals surface area (Å²) in [4.78, 5) is 15.1. The highest BCUT2D eigenvalue weighted by Gasteiger charge is 2.14. The Morgan fingerprint density at radius 1 is 0.279 bits per heavy atom. The summed E-state index contributed by atoms with van der Waals surface area (Å²) in [6.07, 6.45) is 0. The minimum atomic E-state index is 0.617. The minimum Gasteiger partial charge on any atom is -0.208 e. The van der Waals surface area contributed by atoms with Crippen molar-refractivity contribution in [1.82, 2.24) is 15.0 Å². The van der Waals surface area contributed by atoms with Gasteiger partial charge in [-0.25, -0.2) is 15.0 Å². The van der Waals surface area contributed by atoms with E-state index in [1.54, 1.807) is 0 Å². The van der Waals surface area contributed by atoms with Crippen LogP contribution in [0.2, 0.25) is 5.02 Å². The normalized spacial score (nSPS) is 10.9. The molecule has 0 saturated heterocycles. The van der Waals surface area contributed by atoms with Crippen molar-refractivity contribution in [2.45, 2.75) is 0 Å². The molecule has 0 fully saturated rings. The first-order chi connectivity index (χ1) is 21.2. The average molecular weight is 572 g/mol. The molecule has 0 amide bonds. The van der Waals surface area contributed by atoms with Gasteiger partial charge in [0.2, 0.25) is 0 Å². The van der Waals surface area contributed by atoms with E-state index >= 15 is 0 Å². The number of benzene rings is 6. The fourth-order valence-corrected chi connectivity index (χ4v) is 5.31. The molecule has 0 unspecified atom stereocenters. The zero-order valence-corrected chi connectivity index (χ0v) is 24.0. The van der Waals surface area contributed by atoms with Gasteiger partial charge in [0.05, 0.1) is 0 Å². The summed E-state index contributed by atoms with van der Waals surface area (Å²) < 4.78 is 0. The topological polar surface area (TPSA) is 38.7 Å². The van der Waals surface area contributed by atoms with Gasteiger partial charge in [-0.05, 0) is 63.7 Å². The lowest BCUT2D eigenvalue weighted by molar-refractivity contribution is 1.07. The van der Waals surface area contributed by atoms with Gasteiger partial charge in [0.25, 0.3) is 0 Å². The molecule has 0 aliphatic heterocycles. The van der Waals surface area contributed by atoms with Crippen LogP contribution in [0.15, 0.2) is 158 Å². The predicted molar refractivity (Wildman–Crippen MR) is 177 cm³/mol. The van der Waals surface area contributed by atoms with E-state index in [1.807, 2.05) is 48.5 Å². The lowest BCUT2D eigenvalue weighted by Crippen LogP contribution is -2.00. The van der Waals surface area contributed by atoms with E-state index in [2.05, 4.69) is 109 Å². The molecule has 1 heterocycles. The van der Waals surface area contributed by atoms with Gasteiger partial charge in [-0.15, -0.1) is 0 Å². The molecule has 0 N–H and O–H groups in total. The summed E-state index contributed by atoms with van der Waals surface area (Å²) in [5.41, 5.74) is 9.42. The SMILES string of the molecule is Clc1ccc(-c2cccc(-c3nc(-c4cccc(-c5ccccc5)c4)nc(-c4cccc(-c5ccccc5)c4)n3)c2)cc1. The van der Waals surface area contributed by atoms with Crippen molar-refractivity contribution in [2.75, 3.05) is 0 Å². The first-order valence-corrected chi connectivity index (χ1v) is 14.5. The molecule has 3 nitrogen and oxygen atoms in total. The van der Waals surface area contributed by atoms with E-state index in [4.69, 9.17) is 26.6 Å². The van der Waals surface area contributed by atoms with E-state index in [1.165, 1.54) is 0 Å². The number of nitrogens with zero attached hydrogens (tertiary/aromatic N) is 3. The number of halogens is 1. The van der Waals surface area contributed by atoms with Crippen LogP contribution in [0, 0.1) is 0 Å².